The predicted molar refractivity (Wildman–Crippen MR) is 72.3 cm³/mol. The zero-order valence-electron chi connectivity index (χ0n) is 10.4. The molecular weight excluding hydrogens is 226 g/mol. The second kappa shape index (κ2) is 6.19. The summed E-state index contributed by atoms with van der Waals surface area (Å²) in [5, 5.41) is 4.11. The zero-order valence-corrected chi connectivity index (χ0v) is 10.4. The van der Waals surface area contributed by atoms with Crippen LogP contribution in [0.4, 0.5) is 4.79 Å². The molecule has 0 spiro atoms. The Morgan fingerprint density at radius 3 is 2.89 bits per heavy atom. The standard InChI is InChI=1S/C14H19N3O/c15-14(18)17-16-13-8-4-7-12(13)10-9-11-5-2-1-3-6-11/h1-3,5-6,12H,4,7-10H2,(H3,15,17,18). The fraction of sp³-hybridized carbons (Fsp3) is 0.429. The van der Waals surface area contributed by atoms with Crippen LogP contribution in [0.3, 0.4) is 0 Å². The molecule has 2 amide bonds. The van der Waals surface area contributed by atoms with E-state index >= 15 is 0 Å². The van der Waals surface area contributed by atoms with Crippen molar-refractivity contribution in [2.45, 2.75) is 32.1 Å². The zero-order chi connectivity index (χ0) is 12.8. The van der Waals surface area contributed by atoms with E-state index in [9.17, 15) is 4.79 Å². The minimum atomic E-state index is -0.587. The van der Waals surface area contributed by atoms with Gasteiger partial charge in [0.25, 0.3) is 0 Å². The molecular formula is C14H19N3O. The van der Waals surface area contributed by atoms with Crippen molar-refractivity contribution in [1.82, 2.24) is 5.43 Å². The third-order valence-electron chi connectivity index (χ3n) is 3.39. The molecule has 3 N–H and O–H groups in total. The first kappa shape index (κ1) is 12.6. The Kier molecular flexibility index (Phi) is 4.34. The molecule has 1 aromatic rings. The second-order valence-corrected chi connectivity index (χ2v) is 4.69. The summed E-state index contributed by atoms with van der Waals surface area (Å²) < 4.78 is 0. The first-order valence-corrected chi connectivity index (χ1v) is 6.41. The van der Waals surface area contributed by atoms with Crippen molar-refractivity contribution < 1.29 is 4.79 Å². The molecule has 1 saturated carbocycles. The number of urea groups is 1. The van der Waals surface area contributed by atoms with Gasteiger partial charge in [0, 0.05) is 5.71 Å². The molecule has 96 valence electrons. The Labute approximate surface area is 107 Å². The van der Waals surface area contributed by atoms with Gasteiger partial charge < -0.3 is 5.73 Å². The number of benzene rings is 1. The molecule has 2 rings (SSSR count). The van der Waals surface area contributed by atoms with Gasteiger partial charge >= 0.3 is 6.03 Å². The van der Waals surface area contributed by atoms with Crippen LogP contribution in [-0.2, 0) is 6.42 Å². The van der Waals surface area contributed by atoms with Crippen molar-refractivity contribution in [2.75, 3.05) is 0 Å². The number of aryl methyl sites for hydroxylation is 1. The van der Waals surface area contributed by atoms with Crippen molar-refractivity contribution in [3.05, 3.63) is 35.9 Å². The molecule has 1 atom stereocenters. The average molecular weight is 245 g/mol. The molecule has 0 radical (unpaired) electrons. The maximum Gasteiger partial charge on any atom is 0.332 e. The second-order valence-electron chi connectivity index (χ2n) is 4.69. The van der Waals surface area contributed by atoms with E-state index in [1.165, 1.54) is 5.56 Å². The number of nitrogens with one attached hydrogen (secondary N) is 1. The lowest BCUT2D eigenvalue weighted by Gasteiger charge is -2.10. The minimum absolute atomic E-state index is 0.483. The highest BCUT2D eigenvalue weighted by Crippen LogP contribution is 2.26. The van der Waals surface area contributed by atoms with E-state index in [0.717, 1.165) is 37.8 Å². The summed E-state index contributed by atoms with van der Waals surface area (Å²) in [7, 11) is 0. The van der Waals surface area contributed by atoms with Crippen LogP contribution in [0, 0.1) is 5.92 Å². The third kappa shape index (κ3) is 3.58. The van der Waals surface area contributed by atoms with Crippen LogP contribution in [0.2, 0.25) is 0 Å². The van der Waals surface area contributed by atoms with E-state index in [1.54, 1.807) is 0 Å². The lowest BCUT2D eigenvalue weighted by Crippen LogP contribution is -2.26. The monoisotopic (exact) mass is 245 g/mol. The number of nitrogens with zero attached hydrogens (tertiary/aromatic N) is 1. The van der Waals surface area contributed by atoms with Crippen LogP contribution >= 0.6 is 0 Å². The maximum absolute atomic E-state index is 10.6. The summed E-state index contributed by atoms with van der Waals surface area (Å²) in [5.74, 6) is 0.483. The first-order valence-electron chi connectivity index (χ1n) is 6.41. The van der Waals surface area contributed by atoms with Gasteiger partial charge in [-0.1, -0.05) is 30.3 Å². The number of hydrazone groups is 1. The van der Waals surface area contributed by atoms with Crippen molar-refractivity contribution >= 4 is 11.7 Å². The molecule has 0 saturated heterocycles. The fourth-order valence-electron chi connectivity index (χ4n) is 2.47. The number of amides is 2. The SMILES string of the molecule is NC(=O)NN=C1CCCC1CCc1ccccc1. The minimum Gasteiger partial charge on any atom is -0.350 e. The normalized spacial score (nSPS) is 21.1. The Bertz CT molecular complexity index is 428. The first-order chi connectivity index (χ1) is 8.75. The van der Waals surface area contributed by atoms with E-state index in [1.807, 2.05) is 6.07 Å². The molecule has 4 nitrogen and oxygen atoms in total. The molecule has 1 aliphatic carbocycles. The van der Waals surface area contributed by atoms with Crippen molar-refractivity contribution in [3.63, 3.8) is 0 Å². The lowest BCUT2D eigenvalue weighted by atomic mass is 9.97. The van der Waals surface area contributed by atoms with E-state index in [-0.39, 0.29) is 0 Å². The average Bonchev–Trinajstić information content (AvgIpc) is 2.82. The smallest absolute Gasteiger partial charge is 0.332 e. The van der Waals surface area contributed by atoms with E-state index in [2.05, 4.69) is 34.8 Å². The van der Waals surface area contributed by atoms with Gasteiger partial charge in [0.2, 0.25) is 0 Å². The third-order valence-corrected chi connectivity index (χ3v) is 3.39. The molecule has 0 heterocycles. The van der Waals surface area contributed by atoms with Crippen molar-refractivity contribution in [3.8, 4) is 0 Å². The van der Waals surface area contributed by atoms with Gasteiger partial charge in [0.1, 0.15) is 0 Å². The summed E-state index contributed by atoms with van der Waals surface area (Å²) >= 11 is 0. The van der Waals surface area contributed by atoms with Gasteiger partial charge in [-0.15, -0.1) is 0 Å². The Hall–Kier alpha value is -1.84. The van der Waals surface area contributed by atoms with Crippen LogP contribution in [0.15, 0.2) is 35.4 Å². The number of rotatable bonds is 4. The van der Waals surface area contributed by atoms with E-state index in [4.69, 9.17) is 5.73 Å². The Morgan fingerprint density at radius 1 is 1.39 bits per heavy atom. The molecule has 0 bridgehead atoms. The van der Waals surface area contributed by atoms with Gasteiger partial charge in [-0.3, -0.25) is 0 Å². The van der Waals surface area contributed by atoms with Gasteiger partial charge in [-0.2, -0.15) is 5.10 Å². The number of carbonyl (C=O) groups is 1. The summed E-state index contributed by atoms with van der Waals surface area (Å²) in [6.45, 7) is 0. The summed E-state index contributed by atoms with van der Waals surface area (Å²) in [4.78, 5) is 10.6. The molecule has 0 aromatic heterocycles. The maximum atomic E-state index is 10.6. The van der Waals surface area contributed by atoms with Crippen LogP contribution < -0.4 is 11.2 Å². The highest BCUT2D eigenvalue weighted by molar-refractivity contribution is 5.89. The molecule has 4 heteroatoms. The number of nitrogens with two attached hydrogens (primary N) is 1. The molecule has 1 aliphatic rings. The number of hydrogen-bond acceptors (Lipinski definition) is 2. The summed E-state index contributed by atoms with van der Waals surface area (Å²) in [6, 6.07) is 9.86. The number of primary amides is 1. The molecule has 0 aliphatic heterocycles. The fourth-order valence-corrected chi connectivity index (χ4v) is 2.47. The number of carbonyl (C=O) groups excluding carboxylic acids is 1. The van der Waals surface area contributed by atoms with Crippen molar-refractivity contribution in [2.24, 2.45) is 16.8 Å². The van der Waals surface area contributed by atoms with E-state index < -0.39 is 6.03 Å². The van der Waals surface area contributed by atoms with Crippen molar-refractivity contribution in [1.29, 1.82) is 0 Å². The highest BCUT2D eigenvalue weighted by Gasteiger charge is 2.22. The van der Waals surface area contributed by atoms with Crippen LogP contribution in [0.1, 0.15) is 31.2 Å². The topological polar surface area (TPSA) is 67.5 Å². The van der Waals surface area contributed by atoms with Gasteiger partial charge in [0.15, 0.2) is 0 Å². The van der Waals surface area contributed by atoms with Crippen LogP contribution in [0.25, 0.3) is 0 Å². The molecule has 1 aromatic carbocycles. The van der Waals surface area contributed by atoms with Gasteiger partial charge in [-0.05, 0) is 43.6 Å². The number of hydrogen-bond donors (Lipinski definition) is 2. The Balaban J connectivity index is 1.88. The molecule has 1 fully saturated rings. The van der Waals surface area contributed by atoms with Crippen LogP contribution in [0.5, 0.6) is 0 Å². The summed E-state index contributed by atoms with van der Waals surface area (Å²) in [5.41, 5.74) is 9.81. The highest BCUT2D eigenvalue weighted by atomic mass is 16.2. The molecule has 1 unspecified atom stereocenters. The van der Waals surface area contributed by atoms with Gasteiger partial charge in [-0.25, -0.2) is 10.2 Å². The Morgan fingerprint density at radius 2 is 2.17 bits per heavy atom. The van der Waals surface area contributed by atoms with Crippen LogP contribution in [-0.4, -0.2) is 11.7 Å². The summed E-state index contributed by atoms with van der Waals surface area (Å²) in [6.07, 6.45) is 5.43. The molecule has 18 heavy (non-hydrogen) atoms. The lowest BCUT2D eigenvalue weighted by molar-refractivity contribution is 0.249. The largest absolute Gasteiger partial charge is 0.350 e. The van der Waals surface area contributed by atoms with E-state index in [0.29, 0.717) is 5.92 Å². The quantitative estimate of drug-likeness (QED) is 0.786. The predicted octanol–water partition coefficient (Wildman–Crippen LogP) is 2.44. The van der Waals surface area contributed by atoms with Gasteiger partial charge in [0.05, 0.1) is 0 Å².